The van der Waals surface area contributed by atoms with Crippen molar-refractivity contribution in [2.75, 3.05) is 0 Å². The highest BCUT2D eigenvalue weighted by Crippen LogP contribution is 2.32. The maximum Gasteiger partial charge on any atom is 0.145 e. The van der Waals surface area contributed by atoms with Crippen LogP contribution in [-0.4, -0.2) is 0 Å². The van der Waals surface area contributed by atoms with Crippen LogP contribution in [0.15, 0.2) is 39.3 Å². The first-order valence-electron chi connectivity index (χ1n) is 5.25. The van der Waals surface area contributed by atoms with Crippen molar-refractivity contribution in [2.45, 2.75) is 6.04 Å². The number of halogens is 5. The molecule has 6 heteroatoms. The van der Waals surface area contributed by atoms with Crippen molar-refractivity contribution in [3.05, 3.63) is 67.9 Å². The van der Waals surface area contributed by atoms with E-state index in [2.05, 4.69) is 31.9 Å². The fourth-order valence-corrected chi connectivity index (χ4v) is 2.68. The molecule has 0 saturated heterocycles. The second-order valence-corrected chi connectivity index (χ2v) is 5.61. The van der Waals surface area contributed by atoms with Gasteiger partial charge in [0.2, 0.25) is 0 Å². The Balaban J connectivity index is 2.56. The standard InChI is InChI=1S/C13H8Br2F3N/c14-8-3-4-10(17)11(12(8)18)13(19)7-2-1-6(16)5-9(7)15/h1-5,13H,19H2. The van der Waals surface area contributed by atoms with E-state index in [1.54, 1.807) is 0 Å². The molecule has 2 N–H and O–H groups in total. The van der Waals surface area contributed by atoms with Crippen LogP contribution in [0, 0.1) is 17.5 Å². The van der Waals surface area contributed by atoms with Gasteiger partial charge >= 0.3 is 0 Å². The molecule has 0 aliphatic rings. The summed E-state index contributed by atoms with van der Waals surface area (Å²) < 4.78 is 41.2. The Bertz CT molecular complexity index is 632. The van der Waals surface area contributed by atoms with E-state index < -0.39 is 23.5 Å². The van der Waals surface area contributed by atoms with E-state index in [0.717, 1.165) is 6.07 Å². The Morgan fingerprint density at radius 1 is 0.947 bits per heavy atom. The molecule has 0 aromatic heterocycles. The van der Waals surface area contributed by atoms with Crippen molar-refractivity contribution in [3.63, 3.8) is 0 Å². The second kappa shape index (κ2) is 5.64. The van der Waals surface area contributed by atoms with Gasteiger partial charge in [-0.2, -0.15) is 0 Å². The highest BCUT2D eigenvalue weighted by atomic mass is 79.9. The van der Waals surface area contributed by atoms with E-state index in [4.69, 9.17) is 5.73 Å². The van der Waals surface area contributed by atoms with Gasteiger partial charge in [-0.1, -0.05) is 22.0 Å². The minimum Gasteiger partial charge on any atom is -0.320 e. The molecular weight excluding hydrogens is 387 g/mol. The number of hydrogen-bond acceptors (Lipinski definition) is 1. The average molecular weight is 395 g/mol. The molecule has 1 nitrogen and oxygen atoms in total. The van der Waals surface area contributed by atoms with E-state index in [9.17, 15) is 13.2 Å². The van der Waals surface area contributed by atoms with Crippen LogP contribution in [0.2, 0.25) is 0 Å². The highest BCUT2D eigenvalue weighted by molar-refractivity contribution is 9.10. The third kappa shape index (κ3) is 2.85. The fraction of sp³-hybridized carbons (Fsp3) is 0.0769. The van der Waals surface area contributed by atoms with Crippen LogP contribution in [0.3, 0.4) is 0 Å². The minimum atomic E-state index is -1.03. The smallest absolute Gasteiger partial charge is 0.145 e. The summed E-state index contributed by atoms with van der Waals surface area (Å²) in [5.74, 6) is -1.97. The summed E-state index contributed by atoms with van der Waals surface area (Å²) in [5, 5.41) is 0. The highest BCUT2D eigenvalue weighted by Gasteiger charge is 2.22. The van der Waals surface area contributed by atoms with Gasteiger partial charge in [0.15, 0.2) is 0 Å². The van der Waals surface area contributed by atoms with Gasteiger partial charge in [0.1, 0.15) is 17.5 Å². The molecule has 1 unspecified atom stereocenters. The molecule has 2 rings (SSSR count). The lowest BCUT2D eigenvalue weighted by Gasteiger charge is -2.16. The number of hydrogen-bond donors (Lipinski definition) is 1. The summed E-state index contributed by atoms with van der Waals surface area (Å²) in [6.45, 7) is 0. The van der Waals surface area contributed by atoms with Gasteiger partial charge in [0, 0.05) is 10.0 Å². The Hall–Kier alpha value is -0.850. The molecule has 2 aromatic carbocycles. The zero-order chi connectivity index (χ0) is 14.2. The molecule has 0 fully saturated rings. The number of benzene rings is 2. The lowest BCUT2D eigenvalue weighted by Crippen LogP contribution is -2.16. The molecule has 0 bridgehead atoms. The van der Waals surface area contributed by atoms with Crippen LogP contribution in [0.25, 0.3) is 0 Å². The van der Waals surface area contributed by atoms with Gasteiger partial charge in [-0.15, -0.1) is 0 Å². The maximum absolute atomic E-state index is 14.0. The predicted octanol–water partition coefficient (Wildman–Crippen LogP) is 4.68. The first-order chi connectivity index (χ1) is 8.91. The largest absolute Gasteiger partial charge is 0.320 e. The predicted molar refractivity (Wildman–Crippen MR) is 74.2 cm³/mol. The van der Waals surface area contributed by atoms with E-state index in [-0.39, 0.29) is 10.0 Å². The average Bonchev–Trinajstić information content (AvgIpc) is 2.34. The summed E-state index contributed by atoms with van der Waals surface area (Å²) in [4.78, 5) is 0. The molecule has 0 aliphatic carbocycles. The topological polar surface area (TPSA) is 26.0 Å². The Morgan fingerprint density at radius 3 is 2.26 bits per heavy atom. The van der Waals surface area contributed by atoms with Crippen molar-refractivity contribution < 1.29 is 13.2 Å². The van der Waals surface area contributed by atoms with E-state index in [0.29, 0.717) is 10.0 Å². The van der Waals surface area contributed by atoms with Gasteiger partial charge < -0.3 is 5.73 Å². The van der Waals surface area contributed by atoms with Crippen molar-refractivity contribution in [1.82, 2.24) is 0 Å². The van der Waals surface area contributed by atoms with Gasteiger partial charge in [-0.3, -0.25) is 0 Å². The molecule has 0 radical (unpaired) electrons. The van der Waals surface area contributed by atoms with Crippen molar-refractivity contribution in [2.24, 2.45) is 5.73 Å². The molecule has 1 atom stereocenters. The summed E-state index contributed by atoms with van der Waals surface area (Å²) in [7, 11) is 0. The Kier molecular flexibility index (Phi) is 4.32. The first-order valence-corrected chi connectivity index (χ1v) is 6.84. The Morgan fingerprint density at radius 2 is 1.63 bits per heavy atom. The third-order valence-corrected chi connectivity index (χ3v) is 3.99. The number of rotatable bonds is 2. The Labute approximate surface area is 124 Å². The van der Waals surface area contributed by atoms with Gasteiger partial charge in [0.05, 0.1) is 10.5 Å². The first kappa shape index (κ1) is 14.6. The van der Waals surface area contributed by atoms with Crippen LogP contribution >= 0.6 is 31.9 Å². The molecule has 0 heterocycles. The lowest BCUT2D eigenvalue weighted by atomic mass is 9.98. The van der Waals surface area contributed by atoms with Crippen LogP contribution in [-0.2, 0) is 0 Å². The molecule has 0 amide bonds. The van der Waals surface area contributed by atoms with Crippen molar-refractivity contribution in [1.29, 1.82) is 0 Å². The fourth-order valence-electron chi connectivity index (χ4n) is 1.74. The lowest BCUT2D eigenvalue weighted by molar-refractivity contribution is 0.538. The van der Waals surface area contributed by atoms with Crippen LogP contribution < -0.4 is 5.73 Å². The van der Waals surface area contributed by atoms with Crippen LogP contribution in [0.5, 0.6) is 0 Å². The summed E-state index contributed by atoms with van der Waals surface area (Å²) >= 11 is 6.12. The van der Waals surface area contributed by atoms with Gasteiger partial charge in [0.25, 0.3) is 0 Å². The molecule has 0 saturated carbocycles. The zero-order valence-corrected chi connectivity index (χ0v) is 12.6. The normalized spacial score (nSPS) is 12.5. The molecule has 19 heavy (non-hydrogen) atoms. The summed E-state index contributed by atoms with van der Waals surface area (Å²) in [6.07, 6.45) is 0. The molecular formula is C13H8Br2F3N. The molecule has 0 spiro atoms. The van der Waals surface area contributed by atoms with Gasteiger partial charge in [-0.05, 0) is 45.8 Å². The van der Waals surface area contributed by atoms with Crippen molar-refractivity contribution >= 4 is 31.9 Å². The molecule has 0 aliphatic heterocycles. The third-order valence-electron chi connectivity index (χ3n) is 2.69. The van der Waals surface area contributed by atoms with Crippen LogP contribution in [0.1, 0.15) is 17.2 Å². The number of nitrogens with two attached hydrogens (primary N) is 1. The van der Waals surface area contributed by atoms with E-state index in [1.165, 1.54) is 24.3 Å². The minimum absolute atomic E-state index is 0.123. The monoisotopic (exact) mass is 393 g/mol. The molecule has 2 aromatic rings. The van der Waals surface area contributed by atoms with E-state index in [1.807, 2.05) is 0 Å². The molecule has 100 valence electrons. The maximum atomic E-state index is 14.0. The zero-order valence-electron chi connectivity index (χ0n) is 9.43. The quantitative estimate of drug-likeness (QED) is 0.735. The van der Waals surface area contributed by atoms with Gasteiger partial charge in [-0.25, -0.2) is 13.2 Å². The summed E-state index contributed by atoms with van der Waals surface area (Å²) in [6, 6.07) is 5.13. The SMILES string of the molecule is NC(c1ccc(F)cc1Br)c1c(F)ccc(Br)c1F. The summed E-state index contributed by atoms with van der Waals surface area (Å²) in [5.41, 5.74) is 6.02. The second-order valence-electron chi connectivity index (χ2n) is 3.90. The van der Waals surface area contributed by atoms with Crippen molar-refractivity contribution in [3.8, 4) is 0 Å². The van der Waals surface area contributed by atoms with E-state index >= 15 is 0 Å². The van der Waals surface area contributed by atoms with Crippen LogP contribution in [0.4, 0.5) is 13.2 Å².